The maximum atomic E-state index is 12.2. The molecular weight excluding hydrogens is 290 g/mol. The van der Waals surface area contributed by atoms with Crippen molar-refractivity contribution in [2.75, 3.05) is 5.32 Å². The predicted molar refractivity (Wildman–Crippen MR) is 86.6 cm³/mol. The summed E-state index contributed by atoms with van der Waals surface area (Å²) in [6.07, 6.45) is 0. The molecule has 4 heteroatoms. The summed E-state index contributed by atoms with van der Waals surface area (Å²) in [5.74, 6) is -0.0513. The van der Waals surface area contributed by atoms with E-state index in [0.717, 1.165) is 10.5 Å². The molecule has 0 aliphatic carbocycles. The zero-order chi connectivity index (χ0) is 14.5. The largest absolute Gasteiger partial charge is 0.324 e. The Labute approximate surface area is 128 Å². The van der Waals surface area contributed by atoms with Gasteiger partial charge in [0.05, 0.1) is 16.0 Å². The minimum Gasteiger partial charge on any atom is -0.324 e. The highest BCUT2D eigenvalue weighted by molar-refractivity contribution is 8.00. The molecular formula is C16H16ClNOS. The van der Waals surface area contributed by atoms with E-state index in [1.807, 2.05) is 62.4 Å². The average molecular weight is 306 g/mol. The van der Waals surface area contributed by atoms with Crippen molar-refractivity contribution in [3.63, 3.8) is 0 Å². The first-order valence-corrected chi connectivity index (χ1v) is 7.61. The number of carbonyl (C=O) groups excluding carboxylic acids is 1. The van der Waals surface area contributed by atoms with E-state index < -0.39 is 0 Å². The number of hydrogen-bond acceptors (Lipinski definition) is 2. The number of hydrogen-bond donors (Lipinski definition) is 1. The number of carbonyl (C=O) groups is 1. The first-order chi connectivity index (χ1) is 9.56. The number of thioether (sulfide) groups is 1. The molecule has 0 saturated heterocycles. The first-order valence-electron chi connectivity index (χ1n) is 6.35. The molecule has 0 aliphatic heterocycles. The van der Waals surface area contributed by atoms with E-state index in [-0.39, 0.29) is 11.2 Å². The van der Waals surface area contributed by atoms with Gasteiger partial charge in [-0.15, -0.1) is 11.8 Å². The SMILES string of the molecule is Cc1ccc(NC(=O)[C@@H](C)Sc2ccccc2)c(Cl)c1. The number of rotatable bonds is 4. The second-order valence-corrected chi connectivity index (χ2v) is 6.37. The Morgan fingerprint density at radius 2 is 1.90 bits per heavy atom. The predicted octanol–water partition coefficient (Wildman–Crippen LogP) is 4.77. The summed E-state index contributed by atoms with van der Waals surface area (Å²) in [5.41, 5.74) is 1.72. The van der Waals surface area contributed by atoms with Crippen molar-refractivity contribution < 1.29 is 4.79 Å². The van der Waals surface area contributed by atoms with E-state index in [1.54, 1.807) is 0 Å². The van der Waals surface area contributed by atoms with Gasteiger partial charge in [0.2, 0.25) is 5.91 Å². The monoisotopic (exact) mass is 305 g/mol. The van der Waals surface area contributed by atoms with E-state index in [0.29, 0.717) is 10.7 Å². The maximum Gasteiger partial charge on any atom is 0.237 e. The number of anilines is 1. The second kappa shape index (κ2) is 6.82. The van der Waals surface area contributed by atoms with Crippen LogP contribution in [0.2, 0.25) is 5.02 Å². The van der Waals surface area contributed by atoms with Gasteiger partial charge in [0.1, 0.15) is 0 Å². The third-order valence-electron chi connectivity index (χ3n) is 2.81. The van der Waals surface area contributed by atoms with Crippen molar-refractivity contribution in [1.82, 2.24) is 0 Å². The minimum absolute atomic E-state index is 0.0513. The number of halogens is 1. The van der Waals surface area contributed by atoms with E-state index >= 15 is 0 Å². The van der Waals surface area contributed by atoms with Gasteiger partial charge in [0.15, 0.2) is 0 Å². The van der Waals surface area contributed by atoms with E-state index in [1.165, 1.54) is 11.8 Å². The summed E-state index contributed by atoms with van der Waals surface area (Å²) in [5, 5.41) is 3.25. The van der Waals surface area contributed by atoms with Crippen LogP contribution in [-0.2, 0) is 4.79 Å². The summed E-state index contributed by atoms with van der Waals surface area (Å²) in [6.45, 7) is 3.85. The van der Waals surface area contributed by atoms with Crippen LogP contribution in [0.15, 0.2) is 53.4 Å². The average Bonchev–Trinajstić information content (AvgIpc) is 2.43. The Morgan fingerprint density at radius 3 is 2.55 bits per heavy atom. The molecule has 0 aromatic heterocycles. The molecule has 1 amide bonds. The molecule has 0 unspecified atom stereocenters. The van der Waals surface area contributed by atoms with E-state index in [4.69, 9.17) is 11.6 Å². The number of nitrogens with one attached hydrogen (secondary N) is 1. The standard InChI is InChI=1S/C16H16ClNOS/c1-11-8-9-15(14(17)10-11)18-16(19)12(2)20-13-6-4-3-5-7-13/h3-10,12H,1-2H3,(H,18,19)/t12-/m1/s1. The zero-order valence-electron chi connectivity index (χ0n) is 11.4. The topological polar surface area (TPSA) is 29.1 Å². The third kappa shape index (κ3) is 4.02. The number of benzene rings is 2. The normalized spacial score (nSPS) is 11.9. The second-order valence-electron chi connectivity index (χ2n) is 4.55. The van der Waals surface area contributed by atoms with E-state index in [2.05, 4.69) is 5.32 Å². The van der Waals surface area contributed by atoms with Crippen LogP contribution in [0.4, 0.5) is 5.69 Å². The quantitative estimate of drug-likeness (QED) is 0.825. The molecule has 0 fully saturated rings. The van der Waals surface area contributed by atoms with Crippen LogP contribution in [0.5, 0.6) is 0 Å². The summed E-state index contributed by atoms with van der Waals surface area (Å²) in [4.78, 5) is 13.2. The molecule has 0 aliphatic rings. The van der Waals surface area contributed by atoms with Crippen LogP contribution >= 0.6 is 23.4 Å². The summed E-state index contributed by atoms with van der Waals surface area (Å²) >= 11 is 7.64. The summed E-state index contributed by atoms with van der Waals surface area (Å²) < 4.78 is 0. The Balaban J connectivity index is 2.01. The summed E-state index contributed by atoms with van der Waals surface area (Å²) in [7, 11) is 0. The fourth-order valence-electron chi connectivity index (χ4n) is 1.71. The summed E-state index contributed by atoms with van der Waals surface area (Å²) in [6, 6.07) is 15.5. The van der Waals surface area contributed by atoms with Gasteiger partial charge in [-0.2, -0.15) is 0 Å². The van der Waals surface area contributed by atoms with Crippen LogP contribution < -0.4 is 5.32 Å². The van der Waals surface area contributed by atoms with Gasteiger partial charge in [-0.3, -0.25) is 4.79 Å². The molecule has 1 atom stereocenters. The molecule has 2 aromatic rings. The molecule has 0 saturated carbocycles. The minimum atomic E-state index is -0.185. The maximum absolute atomic E-state index is 12.2. The molecule has 0 bridgehead atoms. The van der Waals surface area contributed by atoms with Crippen molar-refractivity contribution in [1.29, 1.82) is 0 Å². The lowest BCUT2D eigenvalue weighted by atomic mass is 10.2. The molecule has 2 rings (SSSR count). The Kier molecular flexibility index (Phi) is 5.10. The molecule has 0 radical (unpaired) electrons. The number of amides is 1. The van der Waals surface area contributed by atoms with Gasteiger partial charge in [0.25, 0.3) is 0 Å². The van der Waals surface area contributed by atoms with Gasteiger partial charge in [-0.25, -0.2) is 0 Å². The van der Waals surface area contributed by atoms with Crippen LogP contribution in [0.3, 0.4) is 0 Å². The first kappa shape index (κ1) is 14.9. The van der Waals surface area contributed by atoms with Crippen LogP contribution in [-0.4, -0.2) is 11.2 Å². The molecule has 20 heavy (non-hydrogen) atoms. The highest BCUT2D eigenvalue weighted by Gasteiger charge is 2.15. The zero-order valence-corrected chi connectivity index (χ0v) is 13.0. The van der Waals surface area contributed by atoms with Gasteiger partial charge in [-0.05, 0) is 43.7 Å². The van der Waals surface area contributed by atoms with Crippen LogP contribution in [0, 0.1) is 6.92 Å². The lowest BCUT2D eigenvalue weighted by Gasteiger charge is -2.13. The Bertz CT molecular complexity index is 601. The Morgan fingerprint density at radius 1 is 1.20 bits per heavy atom. The van der Waals surface area contributed by atoms with Crippen molar-refractivity contribution >= 4 is 35.0 Å². The molecule has 2 aromatic carbocycles. The molecule has 0 heterocycles. The third-order valence-corrected chi connectivity index (χ3v) is 4.23. The van der Waals surface area contributed by atoms with Crippen molar-refractivity contribution in [3.05, 3.63) is 59.1 Å². The lowest BCUT2D eigenvalue weighted by molar-refractivity contribution is -0.115. The van der Waals surface area contributed by atoms with Crippen LogP contribution in [0.1, 0.15) is 12.5 Å². The van der Waals surface area contributed by atoms with Crippen molar-refractivity contribution in [2.24, 2.45) is 0 Å². The fraction of sp³-hybridized carbons (Fsp3) is 0.188. The van der Waals surface area contributed by atoms with Gasteiger partial charge < -0.3 is 5.32 Å². The fourth-order valence-corrected chi connectivity index (χ4v) is 2.88. The molecule has 0 spiro atoms. The van der Waals surface area contributed by atoms with Gasteiger partial charge in [0, 0.05) is 4.90 Å². The van der Waals surface area contributed by atoms with Crippen molar-refractivity contribution in [2.45, 2.75) is 24.0 Å². The highest BCUT2D eigenvalue weighted by atomic mass is 35.5. The molecule has 1 N–H and O–H groups in total. The highest BCUT2D eigenvalue weighted by Crippen LogP contribution is 2.26. The van der Waals surface area contributed by atoms with Crippen LogP contribution in [0.25, 0.3) is 0 Å². The number of aryl methyl sites for hydroxylation is 1. The smallest absolute Gasteiger partial charge is 0.237 e. The Hall–Kier alpha value is -1.45. The molecule has 2 nitrogen and oxygen atoms in total. The van der Waals surface area contributed by atoms with Gasteiger partial charge in [-0.1, -0.05) is 35.9 Å². The lowest BCUT2D eigenvalue weighted by Crippen LogP contribution is -2.22. The van der Waals surface area contributed by atoms with Gasteiger partial charge >= 0.3 is 0 Å². The molecule has 104 valence electrons. The van der Waals surface area contributed by atoms with E-state index in [9.17, 15) is 4.79 Å². The van der Waals surface area contributed by atoms with Crippen molar-refractivity contribution in [3.8, 4) is 0 Å².